The summed E-state index contributed by atoms with van der Waals surface area (Å²) in [7, 11) is 17.1. The highest BCUT2D eigenvalue weighted by atomic mass is 16.2. The van der Waals surface area contributed by atoms with E-state index in [1.165, 1.54) is 63.0 Å². The van der Waals surface area contributed by atoms with E-state index in [9.17, 15) is 47.9 Å². The van der Waals surface area contributed by atoms with Gasteiger partial charge in [-0.25, -0.2) is 9.97 Å². The molecule has 30 nitrogen and oxygen atoms in total. The van der Waals surface area contributed by atoms with Crippen molar-refractivity contribution in [1.29, 1.82) is 0 Å². The zero-order chi connectivity index (χ0) is 62.4. The van der Waals surface area contributed by atoms with E-state index in [1.807, 2.05) is 34.3 Å². The van der Waals surface area contributed by atoms with Crippen LogP contribution < -0.4 is 53.2 Å². The summed E-state index contributed by atoms with van der Waals surface area (Å²) >= 11 is 0. The molecule has 0 spiro atoms. The quantitative estimate of drug-likeness (QED) is 0.0411. The van der Waals surface area contributed by atoms with Gasteiger partial charge in [0.2, 0.25) is 29.4 Å². The molecular weight excluding hydrogens is 1100 g/mol. The number of nitrogens with one attached hydrogen (secondary N) is 10. The molecule has 0 atom stereocenters. The third-order valence-electron chi connectivity index (χ3n) is 12.7. The molecule has 0 saturated heterocycles. The van der Waals surface area contributed by atoms with Crippen molar-refractivity contribution in [3.05, 3.63) is 119 Å². The Labute approximate surface area is 489 Å². The highest BCUT2D eigenvalue weighted by Crippen LogP contribution is 2.21. The summed E-state index contributed by atoms with van der Waals surface area (Å²) in [6, 6.07) is 7.91. The normalized spacial score (nSPS) is 10.8. The number of carbonyl (C=O) groups is 10. The molecular formula is C55H72N20O10. The number of aromatic nitrogens is 9. The van der Waals surface area contributed by atoms with Crippen molar-refractivity contribution in [3.8, 4) is 0 Å². The van der Waals surface area contributed by atoms with Gasteiger partial charge in [-0.3, -0.25) is 47.9 Å². The van der Waals surface area contributed by atoms with Gasteiger partial charge in [0.1, 0.15) is 28.5 Å². The number of aryl methyl sites for hydroxylation is 8. The Morgan fingerprint density at radius 1 is 0.424 bits per heavy atom. The van der Waals surface area contributed by atoms with Crippen LogP contribution >= 0.6 is 0 Å². The number of imidazole rings is 2. The first-order valence-electron chi connectivity index (χ1n) is 26.6. The fourth-order valence-electron chi connectivity index (χ4n) is 8.62. The number of hydrogen-bond donors (Lipinski definition) is 10. The lowest BCUT2D eigenvalue weighted by atomic mass is 10.3. The van der Waals surface area contributed by atoms with Gasteiger partial charge in [-0.2, -0.15) is 0 Å². The average molecular weight is 1170 g/mol. The first kappa shape index (κ1) is 63.7. The van der Waals surface area contributed by atoms with Gasteiger partial charge in [-0.05, 0) is 69.9 Å². The predicted molar refractivity (Wildman–Crippen MR) is 316 cm³/mol. The highest BCUT2D eigenvalue weighted by molar-refractivity contribution is 6.08. The van der Waals surface area contributed by atoms with E-state index in [4.69, 9.17) is 0 Å². The van der Waals surface area contributed by atoms with Crippen molar-refractivity contribution in [2.75, 3.05) is 79.2 Å². The van der Waals surface area contributed by atoms with Crippen molar-refractivity contribution >= 4 is 93.5 Å². The molecule has 7 rings (SSSR count). The van der Waals surface area contributed by atoms with Crippen molar-refractivity contribution in [1.82, 2.24) is 68.1 Å². The van der Waals surface area contributed by atoms with Crippen molar-refractivity contribution < 1.29 is 47.9 Å². The van der Waals surface area contributed by atoms with Crippen LogP contribution in [0.25, 0.3) is 0 Å². The monoisotopic (exact) mass is 1170 g/mol. The zero-order valence-electron chi connectivity index (χ0n) is 49.4. The first-order valence-corrected chi connectivity index (χ1v) is 26.6. The lowest BCUT2D eigenvalue weighted by Crippen LogP contribution is -2.32. The molecule has 0 unspecified atom stereocenters. The van der Waals surface area contributed by atoms with Crippen LogP contribution in [0.15, 0.2) is 73.7 Å². The minimum atomic E-state index is -0.614. The molecule has 452 valence electrons. The number of carbonyl (C=O) groups excluding carboxylic acids is 10. The third-order valence-corrected chi connectivity index (χ3v) is 12.7. The zero-order valence-corrected chi connectivity index (χ0v) is 49.4. The molecule has 0 saturated carbocycles. The van der Waals surface area contributed by atoms with Gasteiger partial charge < -0.3 is 90.0 Å². The summed E-state index contributed by atoms with van der Waals surface area (Å²) < 4.78 is 10.9. The lowest BCUT2D eigenvalue weighted by Gasteiger charge is -2.10. The molecule has 85 heavy (non-hydrogen) atoms. The van der Waals surface area contributed by atoms with E-state index in [1.54, 1.807) is 92.8 Å². The topological polar surface area (TPSA) is 355 Å². The maximum Gasteiger partial charge on any atom is 0.292 e. The number of hydrogen-bond acceptors (Lipinski definition) is 13. The Hall–Kier alpha value is -10.5. The number of anilines is 6. The predicted octanol–water partition coefficient (Wildman–Crippen LogP) is 2.11. The minimum Gasteiger partial charge on any atom is -0.356 e. The number of rotatable bonds is 23. The molecule has 30 heteroatoms. The van der Waals surface area contributed by atoms with Gasteiger partial charge in [-0.1, -0.05) is 0 Å². The van der Waals surface area contributed by atoms with E-state index < -0.39 is 23.6 Å². The van der Waals surface area contributed by atoms with E-state index in [0.29, 0.717) is 46.4 Å². The van der Waals surface area contributed by atoms with E-state index in [0.717, 1.165) is 18.5 Å². The van der Waals surface area contributed by atoms with Crippen LogP contribution in [0.4, 0.5) is 34.4 Å². The molecule has 0 aliphatic carbocycles. The van der Waals surface area contributed by atoms with Crippen LogP contribution in [0.1, 0.15) is 105 Å². The molecule has 0 fully saturated rings. The van der Waals surface area contributed by atoms with Gasteiger partial charge in [0.25, 0.3) is 41.4 Å². The Morgan fingerprint density at radius 2 is 0.812 bits per heavy atom. The lowest BCUT2D eigenvalue weighted by molar-refractivity contribution is -0.121. The van der Waals surface area contributed by atoms with Gasteiger partial charge in [0, 0.05) is 139 Å². The summed E-state index contributed by atoms with van der Waals surface area (Å²) in [5.74, 6) is -3.58. The van der Waals surface area contributed by atoms with Crippen molar-refractivity contribution in [2.24, 2.45) is 49.3 Å². The molecule has 0 radical (unpaired) electrons. The fourth-order valence-corrected chi connectivity index (χ4v) is 8.62. The largest absolute Gasteiger partial charge is 0.356 e. The molecule has 10 amide bonds. The molecule has 0 aromatic carbocycles. The number of amides is 10. The van der Waals surface area contributed by atoms with Crippen LogP contribution in [0.3, 0.4) is 0 Å². The Bertz CT molecular complexity index is 3650. The Kier molecular flexibility index (Phi) is 21.3. The number of nitrogens with zero attached hydrogens (tertiary/aromatic N) is 10. The SMILES string of the molecule is CNC(=O)c1cc(NC(=O)CCNC(=O)c2cc(NC(=O)c3cc(NC(=O)c4nc(NC(=O)c5nc(NC(C)=O)cn5C)cn4C)cn3C)cn2C)cn1C.Cc1cc(C(=O)Nc2cc(C(=O)NCCC(=O)NCCCN(C)C)n(C)c2)n(C)c1. The van der Waals surface area contributed by atoms with E-state index in [-0.39, 0.29) is 96.0 Å². The summed E-state index contributed by atoms with van der Waals surface area (Å²) in [6.07, 6.45) is 12.2. The second-order valence-electron chi connectivity index (χ2n) is 20.2. The van der Waals surface area contributed by atoms with Crippen molar-refractivity contribution in [2.45, 2.75) is 33.1 Å². The molecule has 10 N–H and O–H groups in total. The molecule has 7 aromatic rings. The minimum absolute atomic E-state index is 0.00656. The second kappa shape index (κ2) is 28.5. The summed E-state index contributed by atoms with van der Waals surface area (Å²) in [5.41, 5.74) is 4.34. The summed E-state index contributed by atoms with van der Waals surface area (Å²) in [6.45, 7) is 5.05. The fraction of sp³-hybridized carbons (Fsp3) is 0.345. The molecule has 7 aromatic heterocycles. The second-order valence-corrected chi connectivity index (χ2v) is 20.2. The van der Waals surface area contributed by atoms with Crippen LogP contribution in [0.5, 0.6) is 0 Å². The van der Waals surface area contributed by atoms with Crippen LogP contribution in [-0.2, 0) is 63.7 Å². The third kappa shape index (κ3) is 17.5. The van der Waals surface area contributed by atoms with Gasteiger partial charge in [0.15, 0.2) is 11.6 Å². The standard InChI is InChI=1S/C34H40N14O7.C21H32N6O3/c1-18(49)37-25-16-47(6)29(41-25)34(55)43-26-17-48(7)28(42-26)33(54)40-21-12-24(46(5)15-21)32(53)39-20-11-23(45(4)14-20)31(52)36-9-8-27(50)38-19-10-22(30(51)35-2)44(3)13-19;1-15-11-17(26(4)13-15)21(30)24-16-12-18(27(5)14-16)20(29)23-9-7-19(28)22-8-6-10-25(2)3/h10-17H,8-9H2,1-7H3,(H,35,51)(H,36,52)(H,37,49)(H,38,50)(H,39,53)(H,40,54)(H,43,55);11-14H,6-10H2,1-5H3,(H,22,28)(H,23,29)(H,24,30). The Balaban J connectivity index is 0.000000325. The maximum atomic E-state index is 13.2. The first-order chi connectivity index (χ1) is 40.2. The van der Waals surface area contributed by atoms with E-state index in [2.05, 4.69) is 68.0 Å². The smallest absolute Gasteiger partial charge is 0.292 e. The van der Waals surface area contributed by atoms with Crippen LogP contribution in [-0.4, -0.2) is 153 Å². The maximum absolute atomic E-state index is 13.2. The van der Waals surface area contributed by atoms with Gasteiger partial charge in [-0.15, -0.1) is 0 Å². The summed E-state index contributed by atoms with van der Waals surface area (Å²) in [4.78, 5) is 135. The van der Waals surface area contributed by atoms with E-state index >= 15 is 0 Å². The molecule has 0 aliphatic heterocycles. The molecule has 0 aliphatic rings. The van der Waals surface area contributed by atoms with Crippen LogP contribution in [0, 0.1) is 6.92 Å². The Morgan fingerprint density at radius 3 is 1.25 bits per heavy atom. The van der Waals surface area contributed by atoms with Gasteiger partial charge in [0.05, 0.1) is 22.7 Å². The average Bonchev–Trinajstić information content (AvgIpc) is 3.68. The van der Waals surface area contributed by atoms with Gasteiger partial charge >= 0.3 is 0 Å². The van der Waals surface area contributed by atoms with Crippen molar-refractivity contribution in [3.63, 3.8) is 0 Å². The van der Waals surface area contributed by atoms with Crippen LogP contribution in [0.2, 0.25) is 0 Å². The summed E-state index contributed by atoms with van der Waals surface area (Å²) in [5, 5.41) is 26.8. The molecule has 7 heterocycles. The molecule has 0 bridgehead atoms. The highest BCUT2D eigenvalue weighted by Gasteiger charge is 2.23.